The number of anilines is 2. The monoisotopic (exact) mass is 393 g/mol. The van der Waals surface area contributed by atoms with E-state index in [0.29, 0.717) is 6.07 Å². The maximum absolute atomic E-state index is 13.4. The first kappa shape index (κ1) is 19.4. The highest BCUT2D eigenvalue weighted by Gasteiger charge is 2.41. The van der Waals surface area contributed by atoms with Gasteiger partial charge in [0.05, 0.1) is 32.2 Å². The van der Waals surface area contributed by atoms with Crippen molar-refractivity contribution in [3.05, 3.63) is 67.0 Å². The molecule has 2 rings (SSSR count). The molecule has 0 bridgehead atoms. The third-order valence-corrected chi connectivity index (χ3v) is 3.70. The van der Waals surface area contributed by atoms with E-state index >= 15 is 0 Å². The molecular weight excluding hydrogens is 386 g/mol. The van der Waals surface area contributed by atoms with E-state index < -0.39 is 44.5 Å². The van der Waals surface area contributed by atoms with E-state index in [2.05, 4.69) is 0 Å². The Morgan fingerprint density at radius 3 is 2.15 bits per heavy atom. The van der Waals surface area contributed by atoms with Crippen molar-refractivity contribution < 1.29 is 27.4 Å². The zero-order valence-electron chi connectivity index (χ0n) is 12.8. The molecule has 0 aromatic heterocycles. The maximum Gasteiger partial charge on any atom is 0.418 e. The summed E-state index contributed by atoms with van der Waals surface area (Å²) >= 11 is 5.81. The van der Waals surface area contributed by atoms with E-state index in [9.17, 15) is 37.8 Å². The second kappa shape index (κ2) is 6.75. The van der Waals surface area contributed by atoms with Crippen molar-refractivity contribution in [2.24, 2.45) is 0 Å². The number of nitro groups is 2. The van der Waals surface area contributed by atoms with E-state index in [1.165, 1.54) is 0 Å². The van der Waals surface area contributed by atoms with Crippen LogP contribution in [0.2, 0.25) is 5.02 Å². The van der Waals surface area contributed by atoms with Crippen molar-refractivity contribution in [1.82, 2.24) is 0 Å². The van der Waals surface area contributed by atoms with Crippen LogP contribution in [0.25, 0.3) is 0 Å². The van der Waals surface area contributed by atoms with Gasteiger partial charge in [0, 0.05) is 13.1 Å². The van der Waals surface area contributed by atoms with Crippen LogP contribution in [0.5, 0.6) is 0 Å². The van der Waals surface area contributed by atoms with Crippen LogP contribution in [0.3, 0.4) is 0 Å². The summed E-state index contributed by atoms with van der Waals surface area (Å²) in [5, 5.41) is 21.8. The second-order valence-corrected chi connectivity index (χ2v) is 5.43. The number of non-ortho nitro benzene ring substituents is 1. The highest BCUT2D eigenvalue weighted by Crippen LogP contribution is 2.46. The minimum Gasteiger partial charge on any atom is -0.337 e. The molecule has 0 fully saturated rings. The van der Waals surface area contributed by atoms with Gasteiger partial charge >= 0.3 is 6.18 Å². The smallest absolute Gasteiger partial charge is 0.337 e. The average molecular weight is 394 g/mol. The Morgan fingerprint density at radius 1 is 1.08 bits per heavy atom. The molecule has 0 amide bonds. The van der Waals surface area contributed by atoms with Crippen molar-refractivity contribution in [2.75, 3.05) is 11.9 Å². The Balaban J connectivity index is 2.84. The van der Waals surface area contributed by atoms with Gasteiger partial charge in [-0.05, 0) is 18.2 Å². The van der Waals surface area contributed by atoms with Crippen LogP contribution in [0.1, 0.15) is 5.56 Å². The van der Waals surface area contributed by atoms with Gasteiger partial charge in [-0.2, -0.15) is 13.2 Å². The molecule has 0 radical (unpaired) electrons. The number of nitrogens with zero attached hydrogens (tertiary/aromatic N) is 3. The highest BCUT2D eigenvalue weighted by atomic mass is 35.5. The summed E-state index contributed by atoms with van der Waals surface area (Å²) < 4.78 is 53.4. The van der Waals surface area contributed by atoms with E-state index in [4.69, 9.17) is 11.6 Å². The topological polar surface area (TPSA) is 89.5 Å². The summed E-state index contributed by atoms with van der Waals surface area (Å²) in [5.74, 6) is -0.763. The molecule has 7 nitrogen and oxygen atoms in total. The minimum absolute atomic E-state index is 0.157. The molecular formula is C14H8ClF4N3O4. The predicted octanol–water partition coefficient (Wildman–Crippen LogP) is 5.08. The van der Waals surface area contributed by atoms with Gasteiger partial charge in [-0.1, -0.05) is 11.6 Å². The zero-order chi connectivity index (χ0) is 19.8. The van der Waals surface area contributed by atoms with Crippen LogP contribution in [-0.4, -0.2) is 16.9 Å². The Kier molecular flexibility index (Phi) is 5.03. The molecule has 138 valence electrons. The Labute approximate surface area is 147 Å². The lowest BCUT2D eigenvalue weighted by atomic mass is 10.1. The standard InChI is InChI=1S/C14H8ClF4N3O4/c1-20(11-3-2-7(16)4-10(11)15)13-9(14(17,18)19)5-8(21(23)24)6-12(13)22(25)26/h2-6H,1H3. The molecule has 0 spiro atoms. The number of rotatable bonds is 4. The molecule has 0 saturated heterocycles. The number of hydrogen-bond acceptors (Lipinski definition) is 5. The zero-order valence-corrected chi connectivity index (χ0v) is 13.5. The Morgan fingerprint density at radius 2 is 1.69 bits per heavy atom. The summed E-state index contributed by atoms with van der Waals surface area (Å²) in [6.07, 6.45) is -5.13. The molecule has 0 aliphatic rings. The molecule has 0 saturated carbocycles. The van der Waals surface area contributed by atoms with Gasteiger partial charge in [0.1, 0.15) is 11.5 Å². The van der Waals surface area contributed by atoms with Gasteiger partial charge in [-0.15, -0.1) is 0 Å². The van der Waals surface area contributed by atoms with E-state index in [1.54, 1.807) is 0 Å². The fraction of sp³-hybridized carbons (Fsp3) is 0.143. The number of alkyl halides is 3. The highest BCUT2D eigenvalue weighted by molar-refractivity contribution is 6.33. The number of benzene rings is 2. The van der Waals surface area contributed by atoms with Crippen LogP contribution < -0.4 is 4.90 Å². The normalized spacial score (nSPS) is 11.3. The van der Waals surface area contributed by atoms with Gasteiger partial charge in [0.2, 0.25) is 0 Å². The van der Waals surface area contributed by atoms with Crippen LogP contribution in [-0.2, 0) is 6.18 Å². The lowest BCUT2D eigenvalue weighted by Gasteiger charge is -2.24. The second-order valence-electron chi connectivity index (χ2n) is 5.03. The number of halogens is 5. The molecule has 0 aliphatic carbocycles. The van der Waals surface area contributed by atoms with Crippen LogP contribution in [0, 0.1) is 26.0 Å². The first-order valence-electron chi connectivity index (χ1n) is 6.66. The molecule has 0 unspecified atom stereocenters. The summed E-state index contributed by atoms with van der Waals surface area (Å²) in [5.41, 5.74) is -4.95. The summed E-state index contributed by atoms with van der Waals surface area (Å²) in [4.78, 5) is 20.5. The van der Waals surface area contributed by atoms with E-state index in [0.717, 1.165) is 30.1 Å². The van der Waals surface area contributed by atoms with Crippen molar-refractivity contribution in [2.45, 2.75) is 6.18 Å². The van der Waals surface area contributed by atoms with Gasteiger partial charge in [-0.25, -0.2) is 4.39 Å². The number of nitro benzene ring substituents is 2. The van der Waals surface area contributed by atoms with Gasteiger partial charge in [0.15, 0.2) is 0 Å². The van der Waals surface area contributed by atoms with Gasteiger partial charge < -0.3 is 4.90 Å². The molecule has 0 heterocycles. The van der Waals surface area contributed by atoms with Crippen molar-refractivity contribution in [3.63, 3.8) is 0 Å². The maximum atomic E-state index is 13.4. The third kappa shape index (κ3) is 3.67. The Hall–Kier alpha value is -2.95. The van der Waals surface area contributed by atoms with Crippen LogP contribution >= 0.6 is 11.6 Å². The van der Waals surface area contributed by atoms with Crippen molar-refractivity contribution in [3.8, 4) is 0 Å². The molecule has 12 heteroatoms. The SMILES string of the molecule is CN(c1ccc(F)cc1Cl)c1c([N+](=O)[O-])cc([N+](=O)[O-])cc1C(F)(F)F. The summed E-state index contributed by atoms with van der Waals surface area (Å²) in [6.45, 7) is 0. The quantitative estimate of drug-likeness (QED) is 0.410. The third-order valence-electron chi connectivity index (χ3n) is 3.39. The van der Waals surface area contributed by atoms with Crippen LogP contribution in [0.4, 0.5) is 40.3 Å². The molecule has 0 N–H and O–H groups in total. The fourth-order valence-corrected chi connectivity index (χ4v) is 2.59. The molecule has 2 aromatic carbocycles. The largest absolute Gasteiger partial charge is 0.418 e. The lowest BCUT2D eigenvalue weighted by Crippen LogP contribution is -2.19. The van der Waals surface area contributed by atoms with E-state index in [1.807, 2.05) is 0 Å². The first-order chi connectivity index (χ1) is 11.9. The Bertz CT molecular complexity index is 904. The molecule has 0 aliphatic heterocycles. The first-order valence-corrected chi connectivity index (χ1v) is 7.04. The summed E-state index contributed by atoms with van der Waals surface area (Å²) in [6, 6.07) is 3.36. The fourth-order valence-electron chi connectivity index (χ4n) is 2.29. The van der Waals surface area contributed by atoms with E-state index in [-0.39, 0.29) is 16.8 Å². The van der Waals surface area contributed by atoms with Crippen molar-refractivity contribution in [1.29, 1.82) is 0 Å². The van der Waals surface area contributed by atoms with Crippen LogP contribution in [0.15, 0.2) is 30.3 Å². The lowest BCUT2D eigenvalue weighted by molar-refractivity contribution is -0.394. The average Bonchev–Trinajstić information content (AvgIpc) is 2.52. The van der Waals surface area contributed by atoms with Gasteiger partial charge in [0.25, 0.3) is 11.4 Å². The van der Waals surface area contributed by atoms with Gasteiger partial charge in [-0.3, -0.25) is 20.2 Å². The summed E-state index contributed by atoms with van der Waals surface area (Å²) in [7, 11) is 1.04. The predicted molar refractivity (Wildman–Crippen MR) is 84.2 cm³/mol. The molecule has 2 aromatic rings. The number of hydrogen-bond donors (Lipinski definition) is 0. The van der Waals surface area contributed by atoms with Crippen molar-refractivity contribution >= 4 is 34.4 Å². The molecule has 0 atom stereocenters. The molecule has 26 heavy (non-hydrogen) atoms. The minimum atomic E-state index is -5.13.